The Morgan fingerprint density at radius 1 is 1.33 bits per heavy atom. The summed E-state index contributed by atoms with van der Waals surface area (Å²) in [7, 11) is 3.35. The van der Waals surface area contributed by atoms with Gasteiger partial charge < -0.3 is 9.80 Å². The van der Waals surface area contributed by atoms with E-state index in [-0.39, 0.29) is 30.0 Å². The molecule has 0 radical (unpaired) electrons. The standard InChI is InChI=1S/C13H15FN2O2/c1-15(2)13(18)9-7-12(17)16(8-9)11-5-3-10(14)4-6-11/h3-6,9H,7-8H2,1-2H3/t9-/m0/s1. The fourth-order valence-electron chi connectivity index (χ4n) is 2.11. The molecule has 0 N–H and O–H groups in total. The van der Waals surface area contributed by atoms with Crippen molar-refractivity contribution >= 4 is 17.5 Å². The lowest BCUT2D eigenvalue weighted by Gasteiger charge is -2.18. The first-order chi connectivity index (χ1) is 8.49. The molecule has 4 nitrogen and oxygen atoms in total. The maximum Gasteiger partial charge on any atom is 0.227 e. The fraction of sp³-hybridized carbons (Fsp3) is 0.385. The maximum absolute atomic E-state index is 12.8. The number of nitrogens with zero attached hydrogens (tertiary/aromatic N) is 2. The van der Waals surface area contributed by atoms with Crippen LogP contribution in [0.25, 0.3) is 0 Å². The predicted molar refractivity (Wildman–Crippen MR) is 65.6 cm³/mol. The van der Waals surface area contributed by atoms with E-state index in [0.29, 0.717) is 12.2 Å². The lowest BCUT2D eigenvalue weighted by atomic mass is 10.1. The zero-order valence-electron chi connectivity index (χ0n) is 10.4. The monoisotopic (exact) mass is 250 g/mol. The number of hydrogen-bond acceptors (Lipinski definition) is 2. The highest BCUT2D eigenvalue weighted by molar-refractivity contribution is 6.00. The summed E-state index contributed by atoms with van der Waals surface area (Å²) in [5, 5.41) is 0. The topological polar surface area (TPSA) is 40.6 Å². The normalized spacial score (nSPS) is 19.2. The van der Waals surface area contributed by atoms with Gasteiger partial charge >= 0.3 is 0 Å². The average molecular weight is 250 g/mol. The van der Waals surface area contributed by atoms with E-state index in [9.17, 15) is 14.0 Å². The fourth-order valence-corrected chi connectivity index (χ4v) is 2.11. The molecule has 0 aromatic heterocycles. The maximum atomic E-state index is 12.8. The summed E-state index contributed by atoms with van der Waals surface area (Å²) in [6.45, 7) is 0.363. The molecule has 1 fully saturated rings. The van der Waals surface area contributed by atoms with Gasteiger partial charge in [-0.2, -0.15) is 0 Å². The van der Waals surface area contributed by atoms with Crippen LogP contribution >= 0.6 is 0 Å². The zero-order valence-corrected chi connectivity index (χ0v) is 10.4. The number of benzene rings is 1. The zero-order chi connectivity index (χ0) is 13.3. The number of amides is 2. The van der Waals surface area contributed by atoms with Gasteiger partial charge in [0.05, 0.1) is 5.92 Å². The summed E-state index contributed by atoms with van der Waals surface area (Å²) in [6.07, 6.45) is 0.217. The number of hydrogen-bond donors (Lipinski definition) is 0. The lowest BCUT2D eigenvalue weighted by molar-refractivity contribution is -0.133. The molecule has 2 rings (SSSR count). The van der Waals surface area contributed by atoms with Crippen molar-refractivity contribution < 1.29 is 14.0 Å². The van der Waals surface area contributed by atoms with Crippen molar-refractivity contribution in [2.24, 2.45) is 5.92 Å². The van der Waals surface area contributed by atoms with Gasteiger partial charge in [0.2, 0.25) is 11.8 Å². The molecule has 18 heavy (non-hydrogen) atoms. The van der Waals surface area contributed by atoms with Crippen LogP contribution < -0.4 is 4.90 Å². The van der Waals surface area contributed by atoms with Crippen LogP contribution in [0, 0.1) is 11.7 Å². The summed E-state index contributed by atoms with van der Waals surface area (Å²) >= 11 is 0. The van der Waals surface area contributed by atoms with Gasteiger partial charge in [0.25, 0.3) is 0 Å². The highest BCUT2D eigenvalue weighted by atomic mass is 19.1. The Bertz CT molecular complexity index is 470. The minimum atomic E-state index is -0.341. The van der Waals surface area contributed by atoms with E-state index < -0.39 is 0 Å². The van der Waals surface area contributed by atoms with Crippen molar-refractivity contribution in [3.05, 3.63) is 30.1 Å². The van der Waals surface area contributed by atoms with Crippen LogP contribution in [-0.4, -0.2) is 37.4 Å². The third-order valence-electron chi connectivity index (χ3n) is 3.05. The van der Waals surface area contributed by atoms with Gasteiger partial charge in [0.15, 0.2) is 0 Å². The Balaban J connectivity index is 2.15. The molecule has 96 valence electrons. The molecule has 1 aromatic rings. The molecule has 1 atom stereocenters. The molecule has 0 aliphatic carbocycles. The smallest absolute Gasteiger partial charge is 0.227 e. The predicted octanol–water partition coefficient (Wildman–Crippen LogP) is 1.27. The Morgan fingerprint density at radius 2 is 1.94 bits per heavy atom. The third kappa shape index (κ3) is 2.34. The molecule has 0 bridgehead atoms. The van der Waals surface area contributed by atoms with Crippen molar-refractivity contribution in [1.29, 1.82) is 0 Å². The number of rotatable bonds is 2. The highest BCUT2D eigenvalue weighted by Gasteiger charge is 2.35. The summed E-state index contributed by atoms with van der Waals surface area (Å²) in [5.74, 6) is -0.793. The summed E-state index contributed by atoms with van der Waals surface area (Å²) in [6, 6.07) is 5.72. The Kier molecular flexibility index (Phi) is 3.32. The van der Waals surface area contributed by atoms with Crippen LogP contribution in [0.15, 0.2) is 24.3 Å². The van der Waals surface area contributed by atoms with Crippen molar-refractivity contribution in [3.8, 4) is 0 Å². The minimum absolute atomic E-state index is 0.0482. The minimum Gasteiger partial charge on any atom is -0.349 e. The van der Waals surface area contributed by atoms with Gasteiger partial charge in [-0.25, -0.2) is 4.39 Å². The SMILES string of the molecule is CN(C)C(=O)[C@H]1CC(=O)N(c2ccc(F)cc2)C1. The van der Waals surface area contributed by atoms with Gasteiger partial charge in [-0.15, -0.1) is 0 Å². The first-order valence-electron chi connectivity index (χ1n) is 5.76. The van der Waals surface area contributed by atoms with E-state index in [4.69, 9.17) is 0 Å². The number of anilines is 1. The highest BCUT2D eigenvalue weighted by Crippen LogP contribution is 2.25. The Labute approximate surface area is 105 Å². The second-order valence-corrected chi connectivity index (χ2v) is 4.61. The molecule has 1 saturated heterocycles. The summed E-state index contributed by atoms with van der Waals surface area (Å²) < 4.78 is 12.8. The molecule has 5 heteroatoms. The number of carbonyl (C=O) groups excluding carboxylic acids is 2. The molecular formula is C13H15FN2O2. The van der Waals surface area contributed by atoms with E-state index in [1.165, 1.54) is 21.9 Å². The van der Waals surface area contributed by atoms with Crippen molar-refractivity contribution in [1.82, 2.24) is 4.90 Å². The van der Waals surface area contributed by atoms with E-state index in [1.54, 1.807) is 26.2 Å². The molecule has 1 aliphatic heterocycles. The number of halogens is 1. The van der Waals surface area contributed by atoms with Gasteiger partial charge in [-0.3, -0.25) is 9.59 Å². The molecule has 1 heterocycles. The van der Waals surface area contributed by atoms with E-state index in [0.717, 1.165) is 0 Å². The third-order valence-corrected chi connectivity index (χ3v) is 3.05. The van der Waals surface area contributed by atoms with Crippen molar-refractivity contribution in [2.45, 2.75) is 6.42 Å². The average Bonchev–Trinajstić information content (AvgIpc) is 2.71. The van der Waals surface area contributed by atoms with Crippen LogP contribution in [0.2, 0.25) is 0 Å². The molecule has 0 spiro atoms. The lowest BCUT2D eigenvalue weighted by Crippen LogP contribution is -2.32. The van der Waals surface area contributed by atoms with Gasteiger partial charge in [-0.05, 0) is 24.3 Å². The first-order valence-corrected chi connectivity index (χ1v) is 5.76. The van der Waals surface area contributed by atoms with Gasteiger partial charge in [0, 0.05) is 32.7 Å². The first kappa shape index (κ1) is 12.5. The van der Waals surface area contributed by atoms with Crippen LogP contribution in [0.1, 0.15) is 6.42 Å². The van der Waals surface area contributed by atoms with E-state index in [2.05, 4.69) is 0 Å². The Hall–Kier alpha value is -1.91. The van der Waals surface area contributed by atoms with Crippen LogP contribution in [0.4, 0.5) is 10.1 Å². The van der Waals surface area contributed by atoms with Crippen molar-refractivity contribution in [2.75, 3.05) is 25.5 Å². The molecule has 1 aromatic carbocycles. The second-order valence-electron chi connectivity index (χ2n) is 4.61. The summed E-state index contributed by atoms with van der Waals surface area (Å²) in [5.41, 5.74) is 0.635. The van der Waals surface area contributed by atoms with Crippen LogP contribution in [0.3, 0.4) is 0 Å². The second kappa shape index (κ2) is 4.76. The van der Waals surface area contributed by atoms with Gasteiger partial charge in [0.1, 0.15) is 5.82 Å². The quantitative estimate of drug-likeness (QED) is 0.793. The summed E-state index contributed by atoms with van der Waals surface area (Å²) in [4.78, 5) is 26.7. The van der Waals surface area contributed by atoms with E-state index >= 15 is 0 Å². The van der Waals surface area contributed by atoms with Gasteiger partial charge in [-0.1, -0.05) is 0 Å². The Morgan fingerprint density at radius 3 is 2.50 bits per heavy atom. The molecule has 2 amide bonds. The van der Waals surface area contributed by atoms with Crippen LogP contribution in [0.5, 0.6) is 0 Å². The van der Waals surface area contributed by atoms with Crippen LogP contribution in [-0.2, 0) is 9.59 Å². The number of carbonyl (C=O) groups is 2. The molecule has 0 unspecified atom stereocenters. The van der Waals surface area contributed by atoms with Crippen molar-refractivity contribution in [3.63, 3.8) is 0 Å². The molecule has 0 saturated carbocycles. The molecular weight excluding hydrogens is 235 g/mol. The molecule has 1 aliphatic rings. The van der Waals surface area contributed by atoms with E-state index in [1.807, 2.05) is 0 Å². The largest absolute Gasteiger partial charge is 0.349 e.